The minimum absolute atomic E-state index is 0.190. The lowest BCUT2D eigenvalue weighted by Gasteiger charge is -2.11. The molecule has 0 saturated carbocycles. The molecule has 0 aliphatic carbocycles. The predicted octanol–water partition coefficient (Wildman–Crippen LogP) is 3.48. The van der Waals surface area contributed by atoms with E-state index in [1.165, 1.54) is 6.07 Å². The Hall–Kier alpha value is -2.14. The molecule has 4 nitrogen and oxygen atoms in total. The Morgan fingerprint density at radius 3 is 2.67 bits per heavy atom. The van der Waals surface area contributed by atoms with Crippen molar-refractivity contribution >= 4 is 17.6 Å². The van der Waals surface area contributed by atoms with Gasteiger partial charge in [-0.15, -0.1) is 0 Å². The van der Waals surface area contributed by atoms with Crippen LogP contribution in [0.2, 0.25) is 5.15 Å². The molecule has 0 aliphatic heterocycles. The number of guanidine groups is 1. The van der Waals surface area contributed by atoms with Gasteiger partial charge in [-0.1, -0.05) is 29.8 Å². The van der Waals surface area contributed by atoms with Crippen molar-refractivity contribution in [3.63, 3.8) is 0 Å². The van der Waals surface area contributed by atoms with Crippen LogP contribution in [0.3, 0.4) is 0 Å². The third-order valence-electron chi connectivity index (χ3n) is 3.48. The van der Waals surface area contributed by atoms with Crippen molar-refractivity contribution in [1.82, 2.24) is 15.6 Å². The maximum absolute atomic E-state index is 13.3. The van der Waals surface area contributed by atoms with Crippen LogP contribution >= 0.6 is 11.6 Å². The second-order valence-electron chi connectivity index (χ2n) is 5.44. The summed E-state index contributed by atoms with van der Waals surface area (Å²) >= 11 is 5.78. The minimum Gasteiger partial charge on any atom is -0.357 e. The average molecular weight is 349 g/mol. The number of aromatic nitrogens is 1. The Labute approximate surface area is 147 Å². The van der Waals surface area contributed by atoms with Crippen LogP contribution in [-0.4, -0.2) is 24.0 Å². The van der Waals surface area contributed by atoms with Gasteiger partial charge >= 0.3 is 0 Å². The van der Waals surface area contributed by atoms with E-state index in [2.05, 4.69) is 20.6 Å². The molecular formula is C18H22ClFN4. The topological polar surface area (TPSA) is 49.3 Å². The van der Waals surface area contributed by atoms with Gasteiger partial charge in [0.25, 0.3) is 0 Å². The van der Waals surface area contributed by atoms with Crippen molar-refractivity contribution in [2.24, 2.45) is 4.99 Å². The highest BCUT2D eigenvalue weighted by atomic mass is 35.5. The van der Waals surface area contributed by atoms with Gasteiger partial charge in [0.05, 0.1) is 6.54 Å². The fraction of sp³-hybridized carbons (Fsp3) is 0.333. The van der Waals surface area contributed by atoms with Crippen molar-refractivity contribution in [2.75, 3.05) is 13.1 Å². The number of hydrogen-bond acceptors (Lipinski definition) is 2. The summed E-state index contributed by atoms with van der Waals surface area (Å²) in [6.07, 6.45) is 2.60. The molecule has 0 fully saturated rings. The van der Waals surface area contributed by atoms with Crippen LogP contribution in [0.5, 0.6) is 0 Å². The zero-order valence-corrected chi connectivity index (χ0v) is 14.7. The number of nitrogens with zero attached hydrogens (tertiary/aromatic N) is 2. The molecule has 1 aromatic carbocycles. The number of rotatable bonds is 6. The van der Waals surface area contributed by atoms with Gasteiger partial charge in [-0.3, -0.25) is 0 Å². The van der Waals surface area contributed by atoms with Gasteiger partial charge in [0.1, 0.15) is 11.0 Å². The van der Waals surface area contributed by atoms with Gasteiger partial charge in [-0.25, -0.2) is 14.4 Å². The molecule has 0 bridgehead atoms. The van der Waals surface area contributed by atoms with E-state index in [0.29, 0.717) is 17.3 Å². The molecule has 0 unspecified atom stereocenters. The maximum Gasteiger partial charge on any atom is 0.191 e. The molecule has 0 saturated heterocycles. The highest BCUT2D eigenvalue weighted by molar-refractivity contribution is 6.29. The Morgan fingerprint density at radius 1 is 1.21 bits per heavy atom. The molecule has 6 heteroatoms. The fourth-order valence-electron chi connectivity index (χ4n) is 2.20. The van der Waals surface area contributed by atoms with Gasteiger partial charge in [-0.2, -0.15) is 0 Å². The van der Waals surface area contributed by atoms with E-state index in [9.17, 15) is 4.39 Å². The molecule has 0 aliphatic rings. The lowest BCUT2D eigenvalue weighted by atomic mass is 10.1. The molecule has 1 heterocycles. The lowest BCUT2D eigenvalue weighted by Crippen LogP contribution is -2.38. The number of nitrogens with one attached hydrogen (secondary N) is 2. The second kappa shape index (κ2) is 9.23. The molecule has 2 N–H and O–H groups in total. The van der Waals surface area contributed by atoms with E-state index < -0.39 is 0 Å². The molecular weight excluding hydrogens is 327 g/mol. The monoisotopic (exact) mass is 348 g/mol. The second-order valence-corrected chi connectivity index (χ2v) is 5.83. The molecule has 0 amide bonds. The summed E-state index contributed by atoms with van der Waals surface area (Å²) in [6, 6.07) is 8.81. The number of hydrogen-bond donors (Lipinski definition) is 2. The van der Waals surface area contributed by atoms with E-state index in [1.807, 2.05) is 19.1 Å². The van der Waals surface area contributed by atoms with Crippen LogP contribution in [0.4, 0.5) is 4.39 Å². The van der Waals surface area contributed by atoms with Gasteiger partial charge in [0, 0.05) is 19.3 Å². The summed E-state index contributed by atoms with van der Waals surface area (Å²) in [6.45, 7) is 5.78. The van der Waals surface area contributed by atoms with Crippen LogP contribution < -0.4 is 10.6 Å². The first-order chi connectivity index (χ1) is 11.6. The minimum atomic E-state index is -0.190. The first kappa shape index (κ1) is 18.2. The quantitative estimate of drug-likeness (QED) is 0.477. The summed E-state index contributed by atoms with van der Waals surface area (Å²) in [5.74, 6) is 0.547. The standard InChI is InChI=1S/C18H22ClFN4/c1-3-21-18(22-9-8-14-5-7-17(19)23-11-14)24-12-15-4-6-16(20)13(2)10-15/h4-7,10-11H,3,8-9,12H2,1-2H3,(H2,21,22,24). The Balaban J connectivity index is 1.90. The summed E-state index contributed by atoms with van der Waals surface area (Å²) in [5, 5.41) is 6.98. The highest BCUT2D eigenvalue weighted by Crippen LogP contribution is 2.10. The van der Waals surface area contributed by atoms with Gasteiger partial charge < -0.3 is 10.6 Å². The molecule has 0 spiro atoms. The van der Waals surface area contributed by atoms with Crippen molar-refractivity contribution in [3.05, 3.63) is 64.2 Å². The van der Waals surface area contributed by atoms with Crippen molar-refractivity contribution in [1.29, 1.82) is 0 Å². The van der Waals surface area contributed by atoms with E-state index in [1.54, 1.807) is 25.3 Å². The number of aryl methyl sites for hydroxylation is 1. The maximum atomic E-state index is 13.3. The molecule has 0 radical (unpaired) electrons. The largest absolute Gasteiger partial charge is 0.357 e. The van der Waals surface area contributed by atoms with E-state index in [4.69, 9.17) is 11.6 Å². The van der Waals surface area contributed by atoms with Crippen LogP contribution in [0.1, 0.15) is 23.6 Å². The number of pyridine rings is 1. The summed E-state index contributed by atoms with van der Waals surface area (Å²) in [7, 11) is 0. The summed E-state index contributed by atoms with van der Waals surface area (Å²) < 4.78 is 13.3. The Morgan fingerprint density at radius 2 is 2.00 bits per heavy atom. The predicted molar refractivity (Wildman–Crippen MR) is 96.9 cm³/mol. The summed E-state index contributed by atoms with van der Waals surface area (Å²) in [5.41, 5.74) is 2.72. The Bertz CT molecular complexity index is 686. The van der Waals surface area contributed by atoms with Crippen molar-refractivity contribution in [3.8, 4) is 0 Å². The average Bonchev–Trinajstić information content (AvgIpc) is 2.57. The molecule has 2 aromatic rings. The van der Waals surface area contributed by atoms with E-state index in [0.717, 1.165) is 36.6 Å². The molecule has 0 atom stereocenters. The smallest absolute Gasteiger partial charge is 0.191 e. The van der Waals surface area contributed by atoms with Gasteiger partial charge in [-0.05, 0) is 49.1 Å². The normalized spacial score (nSPS) is 11.4. The van der Waals surface area contributed by atoms with Crippen molar-refractivity contribution < 1.29 is 4.39 Å². The summed E-state index contributed by atoms with van der Waals surface area (Å²) in [4.78, 5) is 8.60. The van der Waals surface area contributed by atoms with Gasteiger partial charge in [0.15, 0.2) is 5.96 Å². The molecule has 24 heavy (non-hydrogen) atoms. The van der Waals surface area contributed by atoms with E-state index in [-0.39, 0.29) is 5.82 Å². The molecule has 2 rings (SSSR count). The fourth-order valence-corrected chi connectivity index (χ4v) is 2.31. The SMILES string of the molecule is CCNC(=NCc1ccc(F)c(C)c1)NCCc1ccc(Cl)nc1. The van der Waals surface area contributed by atoms with E-state index >= 15 is 0 Å². The van der Waals surface area contributed by atoms with Crippen LogP contribution in [0, 0.1) is 12.7 Å². The molecule has 1 aromatic heterocycles. The Kier molecular flexibility index (Phi) is 7.00. The first-order valence-electron chi connectivity index (χ1n) is 7.96. The third-order valence-corrected chi connectivity index (χ3v) is 3.70. The lowest BCUT2D eigenvalue weighted by molar-refractivity contribution is 0.617. The molecule has 128 valence electrons. The number of benzene rings is 1. The zero-order chi connectivity index (χ0) is 17.4. The van der Waals surface area contributed by atoms with Crippen LogP contribution in [0.15, 0.2) is 41.5 Å². The highest BCUT2D eigenvalue weighted by Gasteiger charge is 2.01. The van der Waals surface area contributed by atoms with Crippen molar-refractivity contribution in [2.45, 2.75) is 26.8 Å². The number of aliphatic imine (C=N–C) groups is 1. The van der Waals surface area contributed by atoms with Gasteiger partial charge in [0.2, 0.25) is 0 Å². The zero-order valence-electron chi connectivity index (χ0n) is 13.9. The first-order valence-corrected chi connectivity index (χ1v) is 8.34. The van der Waals surface area contributed by atoms with Crippen LogP contribution in [0.25, 0.3) is 0 Å². The van der Waals surface area contributed by atoms with Crippen LogP contribution in [-0.2, 0) is 13.0 Å². The third kappa shape index (κ3) is 5.81. The number of halogens is 2.